The summed E-state index contributed by atoms with van der Waals surface area (Å²) < 4.78 is 9.13. The molecule has 0 saturated carbocycles. The Morgan fingerprint density at radius 1 is 1.42 bits per heavy atom. The number of nitrogens with one attached hydrogen (secondary N) is 1. The zero-order chi connectivity index (χ0) is 13.7. The number of hydrogen-bond acceptors (Lipinski definition) is 6. The molecule has 0 aliphatic carbocycles. The number of nitriles is 1. The third-order valence-corrected chi connectivity index (χ3v) is 3.51. The van der Waals surface area contributed by atoms with Gasteiger partial charge in [0.1, 0.15) is 16.6 Å². The number of nitrogen functional groups attached to an aromatic ring is 1. The smallest absolute Gasteiger partial charge is 0.157 e. The summed E-state index contributed by atoms with van der Waals surface area (Å²) in [5, 5.41) is 12.9. The fourth-order valence-electron chi connectivity index (χ4n) is 1.73. The van der Waals surface area contributed by atoms with Crippen LogP contribution in [0.4, 0.5) is 10.8 Å². The molecule has 1 aromatic carbocycles. The van der Waals surface area contributed by atoms with Gasteiger partial charge in [-0.25, -0.2) is 0 Å². The number of methoxy groups -OCH3 is 1. The van der Waals surface area contributed by atoms with Crippen molar-refractivity contribution in [2.24, 2.45) is 0 Å². The lowest BCUT2D eigenvalue weighted by Gasteiger charge is -2.09. The molecule has 0 bridgehead atoms. The van der Waals surface area contributed by atoms with E-state index in [-0.39, 0.29) is 5.82 Å². The summed E-state index contributed by atoms with van der Waals surface area (Å²) in [5.41, 5.74) is 8.27. The van der Waals surface area contributed by atoms with Crippen molar-refractivity contribution in [1.29, 1.82) is 5.26 Å². The zero-order valence-electron chi connectivity index (χ0n) is 10.5. The Balaban J connectivity index is 2.12. The highest BCUT2D eigenvalue weighted by Gasteiger charge is 2.11. The summed E-state index contributed by atoms with van der Waals surface area (Å²) in [5.74, 6) is 0.278. The molecule has 19 heavy (non-hydrogen) atoms. The van der Waals surface area contributed by atoms with Gasteiger partial charge in [0.2, 0.25) is 0 Å². The average molecular weight is 274 g/mol. The van der Waals surface area contributed by atoms with Crippen LogP contribution in [0.2, 0.25) is 0 Å². The lowest BCUT2D eigenvalue weighted by atomic mass is 10.1. The Morgan fingerprint density at radius 3 is 2.84 bits per heavy atom. The van der Waals surface area contributed by atoms with Gasteiger partial charge in [0.15, 0.2) is 5.82 Å². The van der Waals surface area contributed by atoms with Crippen molar-refractivity contribution >= 4 is 22.4 Å². The fraction of sp³-hybridized carbons (Fsp3) is 0.231. The van der Waals surface area contributed by atoms with E-state index in [4.69, 9.17) is 15.7 Å². The number of ether oxygens (including phenoxy) is 1. The standard InChI is InChI=1S/C13H14N4OS/c1-18-8-10-5-3-2-4-9(10)7-16-13-11(6-14)12(15)17-19-13/h2-5,16H,7-8H2,1H3,(H2,15,17). The number of anilines is 2. The quantitative estimate of drug-likeness (QED) is 0.874. The maximum Gasteiger partial charge on any atom is 0.157 e. The van der Waals surface area contributed by atoms with Crippen LogP contribution in [0.25, 0.3) is 0 Å². The highest BCUT2D eigenvalue weighted by atomic mass is 32.1. The molecule has 0 amide bonds. The van der Waals surface area contributed by atoms with E-state index in [1.54, 1.807) is 7.11 Å². The van der Waals surface area contributed by atoms with Crippen LogP contribution in [0, 0.1) is 11.3 Å². The minimum absolute atomic E-state index is 0.278. The second-order valence-electron chi connectivity index (χ2n) is 3.94. The molecule has 2 rings (SSSR count). The summed E-state index contributed by atoms with van der Waals surface area (Å²) in [6.07, 6.45) is 0. The van der Waals surface area contributed by atoms with Crippen LogP contribution in [0.5, 0.6) is 0 Å². The number of benzene rings is 1. The van der Waals surface area contributed by atoms with Gasteiger partial charge in [-0.1, -0.05) is 24.3 Å². The Kier molecular flexibility index (Phi) is 4.34. The SMILES string of the molecule is COCc1ccccc1CNc1snc(N)c1C#N. The van der Waals surface area contributed by atoms with E-state index in [0.29, 0.717) is 23.7 Å². The first kappa shape index (κ1) is 13.3. The van der Waals surface area contributed by atoms with Crippen molar-refractivity contribution < 1.29 is 4.74 Å². The predicted molar refractivity (Wildman–Crippen MR) is 75.7 cm³/mol. The van der Waals surface area contributed by atoms with Crippen molar-refractivity contribution in [3.05, 3.63) is 41.0 Å². The normalized spacial score (nSPS) is 10.1. The molecule has 1 aromatic heterocycles. The third-order valence-electron chi connectivity index (χ3n) is 2.69. The van der Waals surface area contributed by atoms with E-state index in [2.05, 4.69) is 15.8 Å². The van der Waals surface area contributed by atoms with Crippen LogP contribution in [0.15, 0.2) is 24.3 Å². The van der Waals surface area contributed by atoms with Gasteiger partial charge in [0, 0.05) is 13.7 Å². The van der Waals surface area contributed by atoms with Gasteiger partial charge in [-0.2, -0.15) is 9.64 Å². The molecule has 2 aromatic rings. The van der Waals surface area contributed by atoms with Crippen LogP contribution in [-0.2, 0) is 17.9 Å². The maximum atomic E-state index is 9.00. The first-order valence-corrected chi connectivity index (χ1v) is 6.48. The summed E-state index contributed by atoms with van der Waals surface area (Å²) in [4.78, 5) is 0. The molecule has 0 unspecified atom stereocenters. The number of hydrogen-bond donors (Lipinski definition) is 2. The molecule has 0 spiro atoms. The summed E-state index contributed by atoms with van der Waals surface area (Å²) in [6.45, 7) is 1.17. The summed E-state index contributed by atoms with van der Waals surface area (Å²) in [7, 11) is 1.67. The number of rotatable bonds is 5. The monoisotopic (exact) mass is 274 g/mol. The van der Waals surface area contributed by atoms with Gasteiger partial charge in [0.05, 0.1) is 6.61 Å². The van der Waals surface area contributed by atoms with E-state index < -0.39 is 0 Å². The van der Waals surface area contributed by atoms with E-state index in [9.17, 15) is 0 Å². The number of aromatic nitrogens is 1. The van der Waals surface area contributed by atoms with E-state index in [1.165, 1.54) is 11.5 Å². The molecule has 1 heterocycles. The highest BCUT2D eigenvalue weighted by Crippen LogP contribution is 2.26. The van der Waals surface area contributed by atoms with Gasteiger partial charge < -0.3 is 15.8 Å². The average Bonchev–Trinajstić information content (AvgIpc) is 2.78. The largest absolute Gasteiger partial charge is 0.382 e. The number of nitrogens with zero attached hydrogens (tertiary/aromatic N) is 2. The number of nitrogens with two attached hydrogens (primary N) is 1. The van der Waals surface area contributed by atoms with Crippen molar-refractivity contribution in [3.63, 3.8) is 0 Å². The maximum absolute atomic E-state index is 9.00. The second kappa shape index (κ2) is 6.18. The van der Waals surface area contributed by atoms with E-state index >= 15 is 0 Å². The molecule has 6 heteroatoms. The van der Waals surface area contributed by atoms with Crippen LogP contribution in [0.1, 0.15) is 16.7 Å². The topological polar surface area (TPSA) is 84.0 Å². The van der Waals surface area contributed by atoms with Crippen molar-refractivity contribution in [2.75, 3.05) is 18.2 Å². The highest BCUT2D eigenvalue weighted by molar-refractivity contribution is 7.10. The van der Waals surface area contributed by atoms with Gasteiger partial charge in [-0.3, -0.25) is 0 Å². The van der Waals surface area contributed by atoms with Crippen molar-refractivity contribution in [2.45, 2.75) is 13.2 Å². The van der Waals surface area contributed by atoms with Crippen molar-refractivity contribution in [1.82, 2.24) is 4.37 Å². The van der Waals surface area contributed by atoms with Crippen LogP contribution < -0.4 is 11.1 Å². The van der Waals surface area contributed by atoms with Crippen molar-refractivity contribution in [3.8, 4) is 6.07 Å². The lowest BCUT2D eigenvalue weighted by Crippen LogP contribution is -2.03. The molecule has 0 radical (unpaired) electrons. The van der Waals surface area contributed by atoms with Crippen LogP contribution in [0.3, 0.4) is 0 Å². The molecular formula is C13H14N4OS. The molecule has 3 N–H and O–H groups in total. The molecule has 5 nitrogen and oxygen atoms in total. The zero-order valence-corrected chi connectivity index (χ0v) is 11.3. The molecule has 0 aliphatic rings. The molecule has 0 saturated heterocycles. The Hall–Kier alpha value is -2.10. The fourth-order valence-corrected chi connectivity index (χ4v) is 2.39. The molecule has 0 aliphatic heterocycles. The summed E-state index contributed by atoms with van der Waals surface area (Å²) >= 11 is 1.20. The summed E-state index contributed by atoms with van der Waals surface area (Å²) in [6, 6.07) is 10.1. The first-order chi connectivity index (χ1) is 9.26. The van der Waals surface area contributed by atoms with Crippen LogP contribution in [-0.4, -0.2) is 11.5 Å². The Morgan fingerprint density at radius 2 is 2.16 bits per heavy atom. The van der Waals surface area contributed by atoms with Gasteiger partial charge in [-0.15, -0.1) is 0 Å². The molecular weight excluding hydrogens is 260 g/mol. The Bertz CT molecular complexity index is 603. The Labute approximate surface area is 115 Å². The minimum atomic E-state index is 0.278. The van der Waals surface area contributed by atoms with Gasteiger partial charge >= 0.3 is 0 Å². The van der Waals surface area contributed by atoms with Gasteiger partial charge in [0.25, 0.3) is 0 Å². The predicted octanol–water partition coefficient (Wildman–Crippen LogP) is 2.36. The lowest BCUT2D eigenvalue weighted by molar-refractivity contribution is 0.184. The second-order valence-corrected chi connectivity index (χ2v) is 4.71. The van der Waals surface area contributed by atoms with E-state index in [0.717, 1.165) is 11.1 Å². The van der Waals surface area contributed by atoms with Gasteiger partial charge in [-0.05, 0) is 22.7 Å². The first-order valence-electron chi connectivity index (χ1n) is 5.71. The third kappa shape index (κ3) is 3.02. The molecule has 98 valence electrons. The van der Waals surface area contributed by atoms with Crippen LogP contribution >= 0.6 is 11.5 Å². The molecule has 0 atom stereocenters. The van der Waals surface area contributed by atoms with E-state index in [1.807, 2.05) is 24.3 Å². The minimum Gasteiger partial charge on any atom is -0.382 e. The molecule has 0 fully saturated rings.